The predicted octanol–water partition coefficient (Wildman–Crippen LogP) is 1.70. The molecule has 1 aromatic carbocycles. The van der Waals surface area contributed by atoms with E-state index in [9.17, 15) is 13.2 Å². The predicted molar refractivity (Wildman–Crippen MR) is 93.4 cm³/mol. The molecule has 0 spiro atoms. The lowest BCUT2D eigenvalue weighted by molar-refractivity contribution is 0.0980. The molecule has 1 unspecified atom stereocenters. The third-order valence-corrected chi connectivity index (χ3v) is 5.97. The van der Waals surface area contributed by atoms with Crippen LogP contribution in [0.25, 0.3) is 0 Å². The first kappa shape index (κ1) is 18.1. The minimum atomic E-state index is -3.96. The van der Waals surface area contributed by atoms with E-state index in [-0.39, 0.29) is 11.5 Å². The zero-order valence-corrected chi connectivity index (χ0v) is 15.2. The fraction of sp³-hybridized carbons (Fsp3) is 0.353. The maximum atomic E-state index is 12.9. The Morgan fingerprint density at radius 2 is 1.81 bits per heavy atom. The van der Waals surface area contributed by atoms with Gasteiger partial charge in [0.15, 0.2) is 11.5 Å². The van der Waals surface area contributed by atoms with Gasteiger partial charge in [0, 0.05) is 12.4 Å². The lowest BCUT2D eigenvalue weighted by Crippen LogP contribution is -2.35. The van der Waals surface area contributed by atoms with Crippen LogP contribution >= 0.6 is 0 Å². The van der Waals surface area contributed by atoms with Gasteiger partial charge in [-0.15, -0.1) is 0 Å². The van der Waals surface area contributed by atoms with E-state index in [0.29, 0.717) is 17.1 Å². The molecule has 1 saturated carbocycles. The normalized spacial score (nSPS) is 15.2. The smallest absolute Gasteiger partial charge is 0.267 e. The molecule has 8 nitrogen and oxygen atoms in total. The molecule has 1 amide bonds. The summed E-state index contributed by atoms with van der Waals surface area (Å²) in [6.07, 6.45) is 5.35. The van der Waals surface area contributed by atoms with Gasteiger partial charge in [-0.3, -0.25) is 4.79 Å². The number of aromatic nitrogens is 2. The number of ether oxygens (including phenoxy) is 2. The molecule has 0 aliphatic heterocycles. The average Bonchev–Trinajstić information content (AvgIpc) is 3.46. The Morgan fingerprint density at radius 3 is 2.38 bits per heavy atom. The molecule has 1 aliphatic rings. The van der Waals surface area contributed by atoms with Gasteiger partial charge in [-0.05, 0) is 36.5 Å². The molecule has 1 N–H and O–H groups in total. The van der Waals surface area contributed by atoms with Crippen LogP contribution in [0.3, 0.4) is 0 Å². The fourth-order valence-electron chi connectivity index (χ4n) is 2.80. The Morgan fingerprint density at radius 1 is 1.15 bits per heavy atom. The van der Waals surface area contributed by atoms with Crippen molar-refractivity contribution in [2.75, 3.05) is 14.2 Å². The molecule has 2 aromatic rings. The minimum Gasteiger partial charge on any atom is -0.493 e. The van der Waals surface area contributed by atoms with Crippen LogP contribution in [0.4, 0.5) is 0 Å². The number of benzene rings is 1. The van der Waals surface area contributed by atoms with E-state index in [4.69, 9.17) is 9.47 Å². The molecule has 0 saturated heterocycles. The Balaban J connectivity index is 1.91. The summed E-state index contributed by atoms with van der Waals surface area (Å²) in [5.74, 6) is 0.143. The first-order valence-electron chi connectivity index (χ1n) is 7.99. The highest BCUT2D eigenvalue weighted by Gasteiger charge is 2.42. The number of hydrogen-bond acceptors (Lipinski definition) is 7. The zero-order valence-electron chi connectivity index (χ0n) is 14.4. The van der Waals surface area contributed by atoms with Gasteiger partial charge in [-0.1, -0.05) is 6.07 Å². The van der Waals surface area contributed by atoms with E-state index in [0.717, 1.165) is 12.8 Å². The van der Waals surface area contributed by atoms with Gasteiger partial charge in [-0.2, -0.15) is 0 Å². The summed E-state index contributed by atoms with van der Waals surface area (Å²) in [5, 5.41) is -0.851. The van der Waals surface area contributed by atoms with Gasteiger partial charge in [0.2, 0.25) is 10.0 Å². The monoisotopic (exact) mass is 377 g/mol. The molecule has 0 bridgehead atoms. The molecule has 0 radical (unpaired) electrons. The average molecular weight is 377 g/mol. The van der Waals surface area contributed by atoms with Crippen molar-refractivity contribution in [2.45, 2.75) is 18.1 Å². The van der Waals surface area contributed by atoms with Crippen molar-refractivity contribution in [1.82, 2.24) is 14.7 Å². The summed E-state index contributed by atoms with van der Waals surface area (Å²) >= 11 is 0. The number of nitrogens with zero attached hydrogens (tertiary/aromatic N) is 2. The zero-order chi connectivity index (χ0) is 18.7. The number of hydrogen-bond donors (Lipinski definition) is 1. The molecular formula is C17H19N3O5S. The Kier molecular flexibility index (Phi) is 5.08. The van der Waals surface area contributed by atoms with Crippen LogP contribution in [0.2, 0.25) is 0 Å². The van der Waals surface area contributed by atoms with Crippen LogP contribution in [0.1, 0.15) is 34.0 Å². The van der Waals surface area contributed by atoms with Gasteiger partial charge >= 0.3 is 0 Å². The van der Waals surface area contributed by atoms with Gasteiger partial charge in [0.1, 0.15) is 11.6 Å². The quantitative estimate of drug-likeness (QED) is 0.782. The summed E-state index contributed by atoms with van der Waals surface area (Å²) in [7, 11) is -0.961. The van der Waals surface area contributed by atoms with Crippen molar-refractivity contribution in [1.29, 1.82) is 0 Å². The standard InChI is InChI=1S/C17H19N3O5S/c1-24-14-6-5-12(7-15(14)25-2)16(11-3-4-11)26(22,23)20-17(21)13-8-18-10-19-9-13/h5-11,16H,3-4H2,1-2H3,(H,20,21). The topological polar surface area (TPSA) is 107 Å². The first-order chi connectivity index (χ1) is 12.5. The third kappa shape index (κ3) is 3.77. The van der Waals surface area contributed by atoms with E-state index >= 15 is 0 Å². The summed E-state index contributed by atoms with van der Waals surface area (Å²) in [5.41, 5.74) is 0.632. The molecule has 9 heteroatoms. The third-order valence-electron chi connectivity index (χ3n) is 4.18. The van der Waals surface area contributed by atoms with Gasteiger partial charge < -0.3 is 9.47 Å². The Hall–Kier alpha value is -2.68. The second kappa shape index (κ2) is 7.28. The second-order valence-electron chi connectivity index (χ2n) is 5.98. The highest BCUT2D eigenvalue weighted by molar-refractivity contribution is 7.90. The van der Waals surface area contributed by atoms with Crippen LogP contribution in [0.5, 0.6) is 11.5 Å². The lowest BCUT2D eigenvalue weighted by atomic mass is 10.1. The van der Waals surface area contributed by atoms with Crippen LogP contribution in [0.15, 0.2) is 36.9 Å². The van der Waals surface area contributed by atoms with E-state index < -0.39 is 21.2 Å². The molecular weight excluding hydrogens is 358 g/mol. The molecule has 26 heavy (non-hydrogen) atoms. The largest absolute Gasteiger partial charge is 0.493 e. The van der Waals surface area contributed by atoms with Crippen LogP contribution in [0, 0.1) is 5.92 Å². The van der Waals surface area contributed by atoms with E-state index in [2.05, 4.69) is 14.7 Å². The van der Waals surface area contributed by atoms with Crippen molar-refractivity contribution in [3.05, 3.63) is 48.0 Å². The Bertz CT molecular complexity index is 898. The first-order valence-corrected chi connectivity index (χ1v) is 9.54. The number of amides is 1. The summed E-state index contributed by atoms with van der Waals surface area (Å²) in [6, 6.07) is 4.97. The molecule has 1 fully saturated rings. The summed E-state index contributed by atoms with van der Waals surface area (Å²) in [6.45, 7) is 0. The number of rotatable bonds is 7. The van der Waals surface area contributed by atoms with Crippen molar-refractivity contribution in [3.63, 3.8) is 0 Å². The molecule has 1 atom stereocenters. The number of methoxy groups -OCH3 is 2. The molecule has 1 aliphatic carbocycles. The summed E-state index contributed by atoms with van der Waals surface area (Å²) in [4.78, 5) is 19.7. The van der Waals surface area contributed by atoms with E-state index in [1.54, 1.807) is 18.2 Å². The van der Waals surface area contributed by atoms with Gasteiger partial charge in [0.05, 0.1) is 19.8 Å². The van der Waals surface area contributed by atoms with Crippen molar-refractivity contribution >= 4 is 15.9 Å². The number of carbonyl (C=O) groups excluding carboxylic acids is 1. The molecule has 3 rings (SSSR count). The highest BCUT2D eigenvalue weighted by atomic mass is 32.2. The maximum Gasteiger partial charge on any atom is 0.267 e. The van der Waals surface area contributed by atoms with E-state index in [1.165, 1.54) is 32.9 Å². The van der Waals surface area contributed by atoms with Crippen LogP contribution < -0.4 is 14.2 Å². The van der Waals surface area contributed by atoms with E-state index in [1.807, 2.05) is 0 Å². The minimum absolute atomic E-state index is 0.0505. The number of nitrogens with one attached hydrogen (secondary N) is 1. The molecule has 1 aromatic heterocycles. The SMILES string of the molecule is COc1ccc(C(C2CC2)S(=O)(=O)NC(=O)c2cncnc2)cc1OC. The molecule has 138 valence electrons. The fourth-order valence-corrected chi connectivity index (χ4v) is 4.59. The number of sulfonamides is 1. The lowest BCUT2D eigenvalue weighted by Gasteiger charge is -2.19. The van der Waals surface area contributed by atoms with Crippen molar-refractivity contribution in [3.8, 4) is 11.5 Å². The summed E-state index contributed by atoms with van der Waals surface area (Å²) < 4.78 is 38.4. The molecule has 1 heterocycles. The number of carbonyl (C=O) groups is 1. The highest BCUT2D eigenvalue weighted by Crippen LogP contribution is 2.46. The van der Waals surface area contributed by atoms with Crippen molar-refractivity contribution < 1.29 is 22.7 Å². The Labute approximate surface area is 151 Å². The van der Waals surface area contributed by atoms with Crippen molar-refractivity contribution in [2.24, 2.45) is 5.92 Å². The van der Waals surface area contributed by atoms with Gasteiger partial charge in [0.25, 0.3) is 5.91 Å². The van der Waals surface area contributed by atoms with Crippen LogP contribution in [-0.2, 0) is 10.0 Å². The van der Waals surface area contributed by atoms with Gasteiger partial charge in [-0.25, -0.2) is 23.1 Å². The second-order valence-corrected chi connectivity index (χ2v) is 7.78. The van der Waals surface area contributed by atoms with Crippen LogP contribution in [-0.4, -0.2) is 38.5 Å². The maximum absolute atomic E-state index is 12.9.